The molecule has 3 rings (SSSR count). The van der Waals surface area contributed by atoms with E-state index in [1.165, 1.54) is 0 Å². The molecule has 1 aliphatic carbocycles. The second-order valence-electron chi connectivity index (χ2n) is 6.11. The van der Waals surface area contributed by atoms with E-state index in [-0.39, 0.29) is 5.92 Å². The normalized spacial score (nSPS) is 25.1. The maximum Gasteiger partial charge on any atom is 0.226 e. The predicted molar refractivity (Wildman–Crippen MR) is 81.8 cm³/mol. The third-order valence-electron chi connectivity index (χ3n) is 4.60. The van der Waals surface area contributed by atoms with E-state index in [4.69, 9.17) is 0 Å². The topological polar surface area (TPSA) is 47.3 Å². The zero-order valence-corrected chi connectivity index (χ0v) is 12.5. The third-order valence-corrected chi connectivity index (χ3v) is 4.60. The minimum absolute atomic E-state index is 0.267. The fraction of sp³-hybridized carbons (Fsp3) is 0.529. The number of hydrogen-bond acceptors (Lipinski definition) is 3. The van der Waals surface area contributed by atoms with Crippen LogP contribution >= 0.6 is 0 Å². The Morgan fingerprint density at radius 2 is 2.00 bits per heavy atom. The summed E-state index contributed by atoms with van der Waals surface area (Å²) in [5, 5.41) is 9.23. The molecule has 1 saturated heterocycles. The number of hydrogen-bond donors (Lipinski definition) is 0. The van der Waals surface area contributed by atoms with Crippen molar-refractivity contribution in [1.82, 2.24) is 4.90 Å². The SMILES string of the molecule is C[C@H]1C[C@@H]1C(=O)N1CCCN(c2ccccc2C#N)CC1. The summed E-state index contributed by atoms with van der Waals surface area (Å²) < 4.78 is 0. The molecule has 1 aromatic rings. The van der Waals surface area contributed by atoms with E-state index in [0.717, 1.165) is 44.7 Å². The highest BCUT2D eigenvalue weighted by molar-refractivity contribution is 5.81. The van der Waals surface area contributed by atoms with Crippen molar-refractivity contribution in [2.24, 2.45) is 11.8 Å². The Labute approximate surface area is 126 Å². The van der Waals surface area contributed by atoms with E-state index in [1.807, 2.05) is 29.2 Å². The van der Waals surface area contributed by atoms with Crippen LogP contribution in [0.3, 0.4) is 0 Å². The van der Waals surface area contributed by atoms with Crippen LogP contribution in [0.25, 0.3) is 0 Å². The number of nitrogens with zero attached hydrogens (tertiary/aromatic N) is 3. The van der Waals surface area contributed by atoms with Gasteiger partial charge in [0.1, 0.15) is 6.07 Å². The van der Waals surface area contributed by atoms with E-state index >= 15 is 0 Å². The van der Waals surface area contributed by atoms with Crippen LogP contribution in [0.2, 0.25) is 0 Å². The molecule has 4 heteroatoms. The molecular weight excluding hydrogens is 262 g/mol. The molecule has 110 valence electrons. The van der Waals surface area contributed by atoms with Crippen molar-refractivity contribution < 1.29 is 4.79 Å². The lowest BCUT2D eigenvalue weighted by atomic mass is 10.1. The summed E-state index contributed by atoms with van der Waals surface area (Å²) >= 11 is 0. The monoisotopic (exact) mass is 283 g/mol. The molecule has 1 amide bonds. The first-order chi connectivity index (χ1) is 10.2. The summed E-state index contributed by atoms with van der Waals surface area (Å²) in [7, 11) is 0. The number of carbonyl (C=O) groups is 1. The molecule has 2 aliphatic rings. The summed E-state index contributed by atoms with van der Waals surface area (Å²) in [5.74, 6) is 1.16. The van der Waals surface area contributed by atoms with Crippen molar-refractivity contribution in [3.05, 3.63) is 29.8 Å². The van der Waals surface area contributed by atoms with Crippen molar-refractivity contribution in [2.75, 3.05) is 31.1 Å². The van der Waals surface area contributed by atoms with Gasteiger partial charge in [-0.2, -0.15) is 5.26 Å². The van der Waals surface area contributed by atoms with Crippen molar-refractivity contribution in [3.63, 3.8) is 0 Å². The van der Waals surface area contributed by atoms with Gasteiger partial charge in [0.25, 0.3) is 0 Å². The Hall–Kier alpha value is -2.02. The van der Waals surface area contributed by atoms with Crippen LogP contribution in [0.4, 0.5) is 5.69 Å². The van der Waals surface area contributed by atoms with Gasteiger partial charge in [-0.3, -0.25) is 4.79 Å². The number of nitriles is 1. The highest BCUT2D eigenvalue weighted by atomic mass is 16.2. The lowest BCUT2D eigenvalue weighted by Gasteiger charge is -2.24. The molecule has 1 aromatic carbocycles. The Kier molecular flexibility index (Phi) is 3.83. The summed E-state index contributed by atoms with van der Waals surface area (Å²) in [6, 6.07) is 9.98. The minimum atomic E-state index is 0.267. The number of rotatable bonds is 2. The Morgan fingerprint density at radius 3 is 2.71 bits per heavy atom. The number of amides is 1. The van der Waals surface area contributed by atoms with Gasteiger partial charge >= 0.3 is 0 Å². The average molecular weight is 283 g/mol. The summed E-state index contributed by atoms with van der Waals surface area (Å²) in [6.45, 7) is 5.47. The zero-order valence-electron chi connectivity index (χ0n) is 12.5. The van der Waals surface area contributed by atoms with Gasteiger partial charge in [0, 0.05) is 32.1 Å². The van der Waals surface area contributed by atoms with Crippen molar-refractivity contribution in [3.8, 4) is 6.07 Å². The fourth-order valence-electron chi connectivity index (χ4n) is 3.12. The fourth-order valence-corrected chi connectivity index (χ4v) is 3.12. The molecule has 0 bridgehead atoms. The molecule has 0 N–H and O–H groups in total. The number of carbonyl (C=O) groups excluding carboxylic acids is 1. The molecule has 21 heavy (non-hydrogen) atoms. The van der Waals surface area contributed by atoms with Crippen LogP contribution in [0.1, 0.15) is 25.3 Å². The van der Waals surface area contributed by atoms with Gasteiger partial charge in [-0.1, -0.05) is 19.1 Å². The second kappa shape index (κ2) is 5.77. The van der Waals surface area contributed by atoms with E-state index in [2.05, 4.69) is 17.9 Å². The maximum atomic E-state index is 12.3. The van der Waals surface area contributed by atoms with Crippen LogP contribution in [0.5, 0.6) is 0 Å². The summed E-state index contributed by atoms with van der Waals surface area (Å²) in [6.07, 6.45) is 2.02. The average Bonchev–Trinajstić information content (AvgIpc) is 3.28. The lowest BCUT2D eigenvalue weighted by Crippen LogP contribution is -2.36. The highest BCUT2D eigenvalue weighted by Gasteiger charge is 2.41. The molecular formula is C17H21N3O. The molecule has 0 unspecified atom stereocenters. The standard InChI is InChI=1S/C17H21N3O/c1-13-11-15(13)17(21)20-8-4-7-19(9-10-20)16-6-3-2-5-14(16)12-18/h2-3,5-6,13,15H,4,7-11H2,1H3/t13-,15-/m0/s1. The lowest BCUT2D eigenvalue weighted by molar-refractivity contribution is -0.132. The third kappa shape index (κ3) is 2.87. The number of anilines is 1. The van der Waals surface area contributed by atoms with E-state index < -0.39 is 0 Å². The van der Waals surface area contributed by atoms with Crippen LogP contribution < -0.4 is 4.90 Å². The molecule has 1 heterocycles. The van der Waals surface area contributed by atoms with Crippen LogP contribution in [0.15, 0.2) is 24.3 Å². The van der Waals surface area contributed by atoms with Crippen molar-refractivity contribution in [2.45, 2.75) is 19.8 Å². The Balaban J connectivity index is 1.68. The van der Waals surface area contributed by atoms with E-state index in [0.29, 0.717) is 17.4 Å². The molecule has 0 aromatic heterocycles. The van der Waals surface area contributed by atoms with Gasteiger partial charge < -0.3 is 9.80 Å². The first-order valence-electron chi connectivity index (χ1n) is 7.73. The van der Waals surface area contributed by atoms with E-state index in [9.17, 15) is 10.1 Å². The zero-order chi connectivity index (χ0) is 14.8. The van der Waals surface area contributed by atoms with Gasteiger partial charge in [-0.25, -0.2) is 0 Å². The summed E-state index contributed by atoms with van der Waals surface area (Å²) in [5.41, 5.74) is 1.71. The quantitative estimate of drug-likeness (QED) is 0.836. The molecule has 2 atom stereocenters. The van der Waals surface area contributed by atoms with E-state index in [1.54, 1.807) is 0 Å². The highest BCUT2D eigenvalue weighted by Crippen LogP contribution is 2.39. The maximum absolute atomic E-state index is 12.3. The Bertz CT molecular complexity index is 578. The number of benzene rings is 1. The van der Waals surface area contributed by atoms with Crippen LogP contribution in [-0.4, -0.2) is 37.0 Å². The van der Waals surface area contributed by atoms with Crippen LogP contribution in [-0.2, 0) is 4.79 Å². The smallest absolute Gasteiger partial charge is 0.226 e. The van der Waals surface area contributed by atoms with Gasteiger partial charge in [-0.05, 0) is 30.9 Å². The molecule has 2 fully saturated rings. The van der Waals surface area contributed by atoms with Gasteiger partial charge in [-0.15, -0.1) is 0 Å². The Morgan fingerprint density at radius 1 is 1.24 bits per heavy atom. The first kappa shape index (κ1) is 13.9. The minimum Gasteiger partial charge on any atom is -0.369 e. The molecule has 1 saturated carbocycles. The van der Waals surface area contributed by atoms with Gasteiger partial charge in [0.15, 0.2) is 0 Å². The second-order valence-corrected chi connectivity index (χ2v) is 6.11. The molecule has 0 radical (unpaired) electrons. The molecule has 1 aliphatic heterocycles. The molecule has 4 nitrogen and oxygen atoms in total. The summed E-state index contributed by atoms with van der Waals surface area (Å²) in [4.78, 5) is 16.6. The van der Waals surface area contributed by atoms with Crippen molar-refractivity contribution >= 4 is 11.6 Å². The van der Waals surface area contributed by atoms with Gasteiger partial charge in [0.05, 0.1) is 11.3 Å². The molecule has 0 spiro atoms. The van der Waals surface area contributed by atoms with Crippen molar-refractivity contribution in [1.29, 1.82) is 5.26 Å². The van der Waals surface area contributed by atoms with Crippen LogP contribution in [0, 0.1) is 23.2 Å². The largest absolute Gasteiger partial charge is 0.369 e. The first-order valence-corrected chi connectivity index (χ1v) is 7.73. The predicted octanol–water partition coefficient (Wildman–Crippen LogP) is 2.25. The number of para-hydroxylation sites is 1. The van der Waals surface area contributed by atoms with Gasteiger partial charge in [0.2, 0.25) is 5.91 Å².